The van der Waals surface area contributed by atoms with Crippen LogP contribution in [0, 0.1) is 0 Å². The van der Waals surface area contributed by atoms with E-state index in [0.717, 1.165) is 37.6 Å². The molecule has 0 N–H and O–H groups in total. The lowest BCUT2D eigenvalue weighted by molar-refractivity contribution is 0.312. The molecular formula is C14H20O2S2. The number of rotatable bonds is 8. The average Bonchev–Trinajstić information content (AvgIpc) is 2.94. The van der Waals surface area contributed by atoms with Crippen molar-refractivity contribution in [3.63, 3.8) is 0 Å². The summed E-state index contributed by atoms with van der Waals surface area (Å²) in [6.07, 6.45) is 4.57. The largest absolute Gasteiger partial charge is 0.491 e. The van der Waals surface area contributed by atoms with Gasteiger partial charge in [-0.25, -0.2) is 0 Å². The number of hydrogen-bond acceptors (Lipinski definition) is 4. The van der Waals surface area contributed by atoms with Crippen LogP contribution in [0.3, 0.4) is 0 Å². The molecule has 0 amide bonds. The predicted octanol–water partition coefficient (Wildman–Crippen LogP) is 5.32. The van der Waals surface area contributed by atoms with Gasteiger partial charge in [0.15, 0.2) is 0 Å². The zero-order chi connectivity index (χ0) is 12.8. The van der Waals surface area contributed by atoms with E-state index in [1.807, 2.05) is 0 Å². The van der Waals surface area contributed by atoms with Crippen molar-refractivity contribution in [3.05, 3.63) is 10.8 Å². The van der Waals surface area contributed by atoms with Crippen LogP contribution in [-0.2, 0) is 0 Å². The van der Waals surface area contributed by atoms with Crippen molar-refractivity contribution in [2.24, 2.45) is 0 Å². The standard InChI is InChI=1S/C14H20O2S2/c1-3-5-7-15-11-9-17-14-12(10-18-13(11)14)16-8-6-4-2/h9-10H,3-8H2,1-2H3. The summed E-state index contributed by atoms with van der Waals surface area (Å²) in [6, 6.07) is 0. The third-order valence-corrected chi connectivity index (χ3v) is 4.81. The van der Waals surface area contributed by atoms with Gasteiger partial charge in [0.25, 0.3) is 0 Å². The van der Waals surface area contributed by atoms with Gasteiger partial charge in [-0.1, -0.05) is 26.7 Å². The number of ether oxygens (including phenoxy) is 2. The van der Waals surface area contributed by atoms with Gasteiger partial charge in [-0.05, 0) is 12.8 Å². The maximum atomic E-state index is 5.80. The van der Waals surface area contributed by atoms with Crippen molar-refractivity contribution in [2.75, 3.05) is 13.2 Å². The molecule has 0 atom stereocenters. The molecule has 0 bridgehead atoms. The van der Waals surface area contributed by atoms with E-state index in [1.54, 1.807) is 22.7 Å². The molecule has 2 nitrogen and oxygen atoms in total. The summed E-state index contributed by atoms with van der Waals surface area (Å²) in [7, 11) is 0. The highest BCUT2D eigenvalue weighted by Gasteiger charge is 2.12. The van der Waals surface area contributed by atoms with Crippen LogP contribution in [0.5, 0.6) is 11.5 Å². The lowest BCUT2D eigenvalue weighted by Gasteiger charge is -2.01. The lowest BCUT2D eigenvalue weighted by atomic mass is 10.3. The van der Waals surface area contributed by atoms with Crippen LogP contribution in [0.15, 0.2) is 10.8 Å². The summed E-state index contributed by atoms with van der Waals surface area (Å²) in [6.45, 7) is 5.98. The highest BCUT2D eigenvalue weighted by molar-refractivity contribution is 7.27. The van der Waals surface area contributed by atoms with Crippen molar-refractivity contribution in [1.29, 1.82) is 0 Å². The Kier molecular flexibility index (Phi) is 5.32. The monoisotopic (exact) mass is 284 g/mol. The van der Waals surface area contributed by atoms with Crippen LogP contribution in [0.1, 0.15) is 39.5 Å². The minimum absolute atomic E-state index is 0.812. The Morgan fingerprint density at radius 3 is 1.67 bits per heavy atom. The molecule has 2 aromatic rings. The molecule has 2 aromatic heterocycles. The Balaban J connectivity index is 2.02. The molecule has 4 heteroatoms. The van der Waals surface area contributed by atoms with Crippen LogP contribution in [0.2, 0.25) is 0 Å². The normalized spacial score (nSPS) is 11.0. The Labute approximate surface area is 117 Å². The molecule has 18 heavy (non-hydrogen) atoms. The van der Waals surface area contributed by atoms with Gasteiger partial charge in [0, 0.05) is 10.8 Å². The maximum Gasteiger partial charge on any atom is 0.147 e. The minimum Gasteiger partial charge on any atom is -0.491 e. The molecule has 0 aliphatic heterocycles. The molecule has 0 aromatic carbocycles. The summed E-state index contributed by atoms with van der Waals surface area (Å²) < 4.78 is 14.1. The topological polar surface area (TPSA) is 18.5 Å². The van der Waals surface area contributed by atoms with Gasteiger partial charge >= 0.3 is 0 Å². The van der Waals surface area contributed by atoms with Crippen LogP contribution < -0.4 is 9.47 Å². The molecule has 2 heterocycles. The van der Waals surface area contributed by atoms with E-state index < -0.39 is 0 Å². The van der Waals surface area contributed by atoms with Crippen molar-refractivity contribution >= 4 is 32.1 Å². The van der Waals surface area contributed by atoms with Gasteiger partial charge in [-0.3, -0.25) is 0 Å². The maximum absolute atomic E-state index is 5.80. The van der Waals surface area contributed by atoms with E-state index >= 15 is 0 Å². The van der Waals surface area contributed by atoms with Crippen LogP contribution in [0.4, 0.5) is 0 Å². The van der Waals surface area contributed by atoms with Crippen molar-refractivity contribution in [3.8, 4) is 11.5 Å². The Morgan fingerprint density at radius 1 is 0.833 bits per heavy atom. The van der Waals surface area contributed by atoms with E-state index in [-0.39, 0.29) is 0 Å². The molecule has 0 radical (unpaired) electrons. The number of thiophene rings is 2. The van der Waals surface area contributed by atoms with Gasteiger partial charge in [-0.15, -0.1) is 22.7 Å². The molecule has 0 unspecified atom stereocenters. The fourth-order valence-corrected chi connectivity index (χ4v) is 3.77. The first-order chi connectivity index (χ1) is 8.86. The van der Waals surface area contributed by atoms with Gasteiger partial charge < -0.3 is 9.47 Å². The van der Waals surface area contributed by atoms with Crippen molar-refractivity contribution in [1.82, 2.24) is 0 Å². The van der Waals surface area contributed by atoms with Gasteiger partial charge in [0.2, 0.25) is 0 Å². The van der Waals surface area contributed by atoms with E-state index in [2.05, 4.69) is 24.6 Å². The molecule has 0 saturated carbocycles. The number of fused-ring (bicyclic) bond motifs is 1. The van der Waals surface area contributed by atoms with E-state index in [0.29, 0.717) is 0 Å². The SMILES string of the molecule is CCCCOc1csc2c(OCCCC)csc12. The van der Waals surface area contributed by atoms with E-state index in [4.69, 9.17) is 9.47 Å². The predicted molar refractivity (Wildman–Crippen MR) is 80.5 cm³/mol. The fourth-order valence-electron chi connectivity index (χ4n) is 1.63. The molecule has 0 fully saturated rings. The van der Waals surface area contributed by atoms with Crippen LogP contribution >= 0.6 is 22.7 Å². The summed E-state index contributed by atoms with van der Waals surface area (Å²) in [5.41, 5.74) is 0. The second-order valence-electron chi connectivity index (χ2n) is 4.26. The highest BCUT2D eigenvalue weighted by Crippen LogP contribution is 2.43. The van der Waals surface area contributed by atoms with Gasteiger partial charge in [-0.2, -0.15) is 0 Å². The van der Waals surface area contributed by atoms with E-state index in [9.17, 15) is 0 Å². The third-order valence-electron chi connectivity index (χ3n) is 2.73. The lowest BCUT2D eigenvalue weighted by Crippen LogP contribution is -1.95. The Morgan fingerprint density at radius 2 is 1.28 bits per heavy atom. The van der Waals surface area contributed by atoms with Crippen LogP contribution in [-0.4, -0.2) is 13.2 Å². The fraction of sp³-hybridized carbons (Fsp3) is 0.571. The van der Waals surface area contributed by atoms with Crippen molar-refractivity contribution in [2.45, 2.75) is 39.5 Å². The average molecular weight is 284 g/mol. The first-order valence-corrected chi connectivity index (χ1v) is 8.37. The summed E-state index contributed by atoms with van der Waals surface area (Å²) in [4.78, 5) is 0. The second-order valence-corrected chi connectivity index (χ2v) is 6.02. The number of unbranched alkanes of at least 4 members (excludes halogenated alkanes) is 2. The highest BCUT2D eigenvalue weighted by atomic mass is 32.1. The van der Waals surface area contributed by atoms with E-state index in [1.165, 1.54) is 22.2 Å². The van der Waals surface area contributed by atoms with Crippen molar-refractivity contribution < 1.29 is 9.47 Å². The first-order valence-electron chi connectivity index (χ1n) is 6.61. The Bertz CT molecular complexity index is 429. The summed E-state index contributed by atoms with van der Waals surface area (Å²) in [5.74, 6) is 2.05. The molecule has 0 spiro atoms. The zero-order valence-electron chi connectivity index (χ0n) is 11.0. The van der Waals surface area contributed by atoms with Gasteiger partial charge in [0.1, 0.15) is 11.5 Å². The molecule has 2 rings (SSSR count). The smallest absolute Gasteiger partial charge is 0.147 e. The zero-order valence-corrected chi connectivity index (χ0v) is 12.7. The quantitative estimate of drug-likeness (QED) is 0.611. The first kappa shape index (κ1) is 13.7. The van der Waals surface area contributed by atoms with Crippen LogP contribution in [0.25, 0.3) is 9.40 Å². The van der Waals surface area contributed by atoms with Gasteiger partial charge in [0.05, 0.1) is 22.6 Å². The summed E-state index contributed by atoms with van der Waals surface area (Å²) >= 11 is 3.45. The molecule has 0 aliphatic carbocycles. The molecule has 0 aliphatic rings. The summed E-state index contributed by atoms with van der Waals surface area (Å²) in [5, 5.41) is 4.20. The second kappa shape index (κ2) is 7.00. The molecule has 0 saturated heterocycles. The third kappa shape index (κ3) is 3.18. The molecular weight excluding hydrogens is 264 g/mol. The number of hydrogen-bond donors (Lipinski definition) is 0. The Hall–Kier alpha value is -0.740. The minimum atomic E-state index is 0.812. The molecule has 100 valence electrons.